The van der Waals surface area contributed by atoms with Crippen LogP contribution in [0.2, 0.25) is 0 Å². The average Bonchev–Trinajstić information content (AvgIpc) is 2.59. The van der Waals surface area contributed by atoms with Gasteiger partial charge in [0.1, 0.15) is 0 Å². The molecule has 0 radical (unpaired) electrons. The van der Waals surface area contributed by atoms with Crippen molar-refractivity contribution in [2.24, 2.45) is 5.41 Å². The summed E-state index contributed by atoms with van der Waals surface area (Å²) < 4.78 is 0. The Bertz CT molecular complexity index is 623. The van der Waals surface area contributed by atoms with Crippen LogP contribution >= 0.6 is 0 Å². The Morgan fingerprint density at radius 2 is 1.65 bits per heavy atom. The number of nitrogens with zero attached hydrogens (tertiary/aromatic N) is 1. The standard InChI is InChI=1S/C16H19NO3/c1-9-6-7-10(2)13-12(9)14(19)15(20)17(13)8-11(18)16(3,4)5/h6-7H,8H2,1-5H3. The third-order valence-electron chi connectivity index (χ3n) is 3.66. The molecule has 0 aromatic heterocycles. The molecule has 0 unspecified atom stereocenters. The largest absolute Gasteiger partial charge is 0.299 e. The molecular weight excluding hydrogens is 254 g/mol. The number of amides is 1. The number of hydrogen-bond donors (Lipinski definition) is 0. The minimum absolute atomic E-state index is 0.0502. The Kier molecular flexibility index (Phi) is 3.28. The normalized spacial score (nSPS) is 14.8. The number of carbonyl (C=O) groups is 3. The van der Waals surface area contributed by atoms with Gasteiger partial charge >= 0.3 is 0 Å². The smallest absolute Gasteiger partial charge is 0.297 e. The van der Waals surface area contributed by atoms with E-state index < -0.39 is 17.1 Å². The topological polar surface area (TPSA) is 54.5 Å². The molecule has 1 aromatic carbocycles. The summed E-state index contributed by atoms with van der Waals surface area (Å²) in [6.45, 7) is 9.02. The van der Waals surface area contributed by atoms with Crippen LogP contribution in [0, 0.1) is 19.3 Å². The number of carbonyl (C=O) groups excluding carboxylic acids is 3. The number of benzene rings is 1. The fourth-order valence-electron chi connectivity index (χ4n) is 2.29. The maximum absolute atomic E-state index is 12.2. The number of rotatable bonds is 2. The third kappa shape index (κ3) is 2.15. The first-order valence-corrected chi connectivity index (χ1v) is 6.64. The van der Waals surface area contributed by atoms with Crippen LogP contribution in [0.4, 0.5) is 5.69 Å². The lowest BCUT2D eigenvalue weighted by molar-refractivity contribution is -0.126. The van der Waals surface area contributed by atoms with Crippen molar-refractivity contribution in [1.82, 2.24) is 0 Å². The van der Waals surface area contributed by atoms with E-state index in [1.807, 2.05) is 39.8 Å². The Morgan fingerprint density at radius 1 is 1.10 bits per heavy atom. The Labute approximate surface area is 118 Å². The summed E-state index contributed by atoms with van der Waals surface area (Å²) in [5.41, 5.74) is 2.11. The van der Waals surface area contributed by atoms with Crippen molar-refractivity contribution in [3.05, 3.63) is 28.8 Å². The highest BCUT2D eigenvalue weighted by molar-refractivity contribution is 6.53. The third-order valence-corrected chi connectivity index (χ3v) is 3.66. The second-order valence-electron chi connectivity index (χ2n) is 6.32. The van der Waals surface area contributed by atoms with Gasteiger partial charge in [0.25, 0.3) is 11.7 Å². The zero-order valence-electron chi connectivity index (χ0n) is 12.5. The molecular formula is C16H19NO3. The van der Waals surface area contributed by atoms with Crippen molar-refractivity contribution >= 4 is 23.2 Å². The maximum atomic E-state index is 12.2. The van der Waals surface area contributed by atoms with Crippen molar-refractivity contribution in [1.29, 1.82) is 0 Å². The highest BCUT2D eigenvalue weighted by atomic mass is 16.2. The van der Waals surface area contributed by atoms with E-state index in [1.165, 1.54) is 4.90 Å². The lowest BCUT2D eigenvalue weighted by Gasteiger charge is -2.23. The number of aryl methyl sites for hydroxylation is 2. The van der Waals surface area contributed by atoms with Crippen LogP contribution in [-0.4, -0.2) is 24.0 Å². The lowest BCUT2D eigenvalue weighted by atomic mass is 9.90. The SMILES string of the molecule is Cc1ccc(C)c2c1C(=O)C(=O)N2CC(=O)C(C)(C)C. The van der Waals surface area contributed by atoms with E-state index in [0.29, 0.717) is 11.3 Å². The second kappa shape index (κ2) is 4.54. The van der Waals surface area contributed by atoms with Crippen LogP contribution in [-0.2, 0) is 9.59 Å². The molecule has 1 amide bonds. The number of Topliss-reactive ketones (excluding diaryl/α,β-unsaturated/α-hetero) is 2. The van der Waals surface area contributed by atoms with Crippen molar-refractivity contribution < 1.29 is 14.4 Å². The van der Waals surface area contributed by atoms with E-state index in [-0.39, 0.29) is 12.3 Å². The molecule has 0 bridgehead atoms. The minimum atomic E-state index is -0.602. The molecule has 0 fully saturated rings. The van der Waals surface area contributed by atoms with E-state index >= 15 is 0 Å². The summed E-state index contributed by atoms with van der Waals surface area (Å²) in [7, 11) is 0. The number of anilines is 1. The first kappa shape index (κ1) is 14.4. The van der Waals surface area contributed by atoms with Crippen LogP contribution in [0.3, 0.4) is 0 Å². The first-order valence-electron chi connectivity index (χ1n) is 6.64. The number of ketones is 2. The molecule has 0 N–H and O–H groups in total. The van der Waals surface area contributed by atoms with E-state index in [9.17, 15) is 14.4 Å². The molecule has 20 heavy (non-hydrogen) atoms. The molecule has 1 aromatic rings. The molecule has 1 aliphatic rings. The van der Waals surface area contributed by atoms with Gasteiger partial charge in [0, 0.05) is 5.41 Å². The molecule has 1 aliphatic heterocycles. The van der Waals surface area contributed by atoms with Gasteiger partial charge in [0.15, 0.2) is 5.78 Å². The van der Waals surface area contributed by atoms with Crippen LogP contribution < -0.4 is 4.90 Å². The van der Waals surface area contributed by atoms with E-state index in [1.54, 1.807) is 6.92 Å². The molecule has 1 heterocycles. The molecule has 0 spiro atoms. The fourth-order valence-corrected chi connectivity index (χ4v) is 2.29. The summed E-state index contributed by atoms with van der Waals surface area (Å²) in [6, 6.07) is 3.70. The minimum Gasteiger partial charge on any atom is -0.297 e. The van der Waals surface area contributed by atoms with Gasteiger partial charge in [-0.25, -0.2) is 0 Å². The quantitative estimate of drug-likeness (QED) is 0.778. The van der Waals surface area contributed by atoms with Crippen LogP contribution in [0.5, 0.6) is 0 Å². The Morgan fingerprint density at radius 3 is 2.20 bits per heavy atom. The van der Waals surface area contributed by atoms with Crippen LogP contribution in [0.15, 0.2) is 12.1 Å². The highest BCUT2D eigenvalue weighted by Gasteiger charge is 2.40. The summed E-state index contributed by atoms with van der Waals surface area (Å²) in [5, 5.41) is 0. The molecule has 0 aliphatic carbocycles. The predicted molar refractivity (Wildman–Crippen MR) is 77.1 cm³/mol. The van der Waals surface area contributed by atoms with Crippen LogP contribution in [0.1, 0.15) is 42.3 Å². The zero-order valence-corrected chi connectivity index (χ0v) is 12.5. The van der Waals surface area contributed by atoms with Gasteiger partial charge in [-0.15, -0.1) is 0 Å². The summed E-state index contributed by atoms with van der Waals surface area (Å²) in [4.78, 5) is 37.8. The molecule has 2 rings (SSSR count). The van der Waals surface area contributed by atoms with Crippen molar-refractivity contribution in [3.63, 3.8) is 0 Å². The van der Waals surface area contributed by atoms with Gasteiger partial charge in [-0.05, 0) is 25.0 Å². The van der Waals surface area contributed by atoms with Gasteiger partial charge in [0.05, 0.1) is 17.8 Å². The van der Waals surface area contributed by atoms with Gasteiger partial charge in [-0.3, -0.25) is 19.3 Å². The Hall–Kier alpha value is -1.97. The molecule has 4 nitrogen and oxygen atoms in total. The maximum Gasteiger partial charge on any atom is 0.299 e. The first-order chi connectivity index (χ1) is 9.14. The monoisotopic (exact) mass is 273 g/mol. The van der Waals surface area contributed by atoms with Gasteiger partial charge in [-0.1, -0.05) is 32.9 Å². The Balaban J connectivity index is 2.49. The average molecular weight is 273 g/mol. The van der Waals surface area contributed by atoms with E-state index in [2.05, 4.69) is 0 Å². The fraction of sp³-hybridized carbons (Fsp3) is 0.438. The molecule has 0 saturated heterocycles. The second-order valence-corrected chi connectivity index (χ2v) is 6.32. The van der Waals surface area contributed by atoms with Crippen molar-refractivity contribution in [2.45, 2.75) is 34.6 Å². The van der Waals surface area contributed by atoms with Crippen molar-refractivity contribution in [2.75, 3.05) is 11.4 Å². The summed E-state index contributed by atoms with van der Waals surface area (Å²) >= 11 is 0. The summed E-state index contributed by atoms with van der Waals surface area (Å²) in [5.74, 6) is -1.18. The van der Waals surface area contributed by atoms with Gasteiger partial charge < -0.3 is 0 Å². The molecule has 0 saturated carbocycles. The summed E-state index contributed by atoms with van der Waals surface area (Å²) in [6.07, 6.45) is 0. The molecule has 4 heteroatoms. The van der Waals surface area contributed by atoms with Gasteiger partial charge in [0.2, 0.25) is 0 Å². The van der Waals surface area contributed by atoms with E-state index in [4.69, 9.17) is 0 Å². The number of hydrogen-bond acceptors (Lipinski definition) is 3. The van der Waals surface area contributed by atoms with Gasteiger partial charge in [-0.2, -0.15) is 0 Å². The van der Waals surface area contributed by atoms with Crippen molar-refractivity contribution in [3.8, 4) is 0 Å². The lowest BCUT2D eigenvalue weighted by Crippen LogP contribution is -2.39. The predicted octanol–water partition coefficient (Wildman–Crippen LogP) is 2.45. The number of fused-ring (bicyclic) bond motifs is 1. The molecule has 0 atom stereocenters. The molecule has 106 valence electrons. The zero-order chi connectivity index (χ0) is 15.2. The van der Waals surface area contributed by atoms with E-state index in [0.717, 1.165) is 11.1 Å². The van der Waals surface area contributed by atoms with Crippen LogP contribution in [0.25, 0.3) is 0 Å². The highest BCUT2D eigenvalue weighted by Crippen LogP contribution is 2.35.